The average Bonchev–Trinajstić information content (AvgIpc) is 3.29. The number of hydrogen-bond donors (Lipinski definition) is 1. The molecule has 0 saturated carbocycles. The van der Waals surface area contributed by atoms with Gasteiger partial charge in [-0.3, -0.25) is 14.6 Å². The monoisotopic (exact) mass is 475 g/mol. The van der Waals surface area contributed by atoms with Crippen molar-refractivity contribution < 1.29 is 23.8 Å². The number of pyridine rings is 1. The van der Waals surface area contributed by atoms with Gasteiger partial charge < -0.3 is 24.4 Å². The Balaban J connectivity index is 1.60. The number of carbonyl (C=O) groups excluding carboxylic acids is 2. The van der Waals surface area contributed by atoms with Crippen LogP contribution in [-0.4, -0.2) is 43.2 Å². The third-order valence-corrected chi connectivity index (χ3v) is 5.56. The summed E-state index contributed by atoms with van der Waals surface area (Å²) in [4.78, 5) is 32.0. The first kappa shape index (κ1) is 24.1. The second kappa shape index (κ2) is 10.9. The number of ether oxygens (including phenoxy) is 3. The zero-order valence-corrected chi connectivity index (χ0v) is 20.2. The normalized spacial score (nSPS) is 12.1. The number of carbonyl (C=O) groups is 2. The minimum atomic E-state index is -0.321. The first-order valence-electron chi connectivity index (χ1n) is 11.8. The maximum Gasteiger partial charge on any atom is 0.259 e. The van der Waals surface area contributed by atoms with Gasteiger partial charge in [-0.2, -0.15) is 0 Å². The van der Waals surface area contributed by atoms with Gasteiger partial charge in [0.1, 0.15) is 0 Å². The number of aromatic nitrogens is 1. The molecule has 182 valence electrons. The number of benzene rings is 2. The molecule has 0 spiro atoms. The van der Waals surface area contributed by atoms with E-state index >= 15 is 0 Å². The van der Waals surface area contributed by atoms with E-state index in [4.69, 9.17) is 14.2 Å². The van der Waals surface area contributed by atoms with E-state index in [-0.39, 0.29) is 11.8 Å². The molecular weight excluding hydrogens is 446 g/mol. The van der Waals surface area contributed by atoms with Crippen LogP contribution in [0.3, 0.4) is 0 Å². The molecule has 3 aromatic rings. The third kappa shape index (κ3) is 5.21. The molecule has 8 nitrogen and oxygen atoms in total. The largest absolute Gasteiger partial charge is 0.490 e. The topological polar surface area (TPSA) is 90.0 Å². The van der Waals surface area contributed by atoms with Crippen molar-refractivity contribution in [1.82, 2.24) is 4.98 Å². The van der Waals surface area contributed by atoms with E-state index in [1.54, 1.807) is 41.6 Å². The molecule has 8 heteroatoms. The van der Waals surface area contributed by atoms with Gasteiger partial charge >= 0.3 is 0 Å². The summed E-state index contributed by atoms with van der Waals surface area (Å²) in [6.07, 6.45) is 3.95. The lowest BCUT2D eigenvalue weighted by atomic mass is 10.1. The molecule has 4 rings (SSSR count). The number of nitrogens with zero attached hydrogens (tertiary/aromatic N) is 2. The van der Waals surface area contributed by atoms with Crippen molar-refractivity contribution in [3.8, 4) is 17.2 Å². The van der Waals surface area contributed by atoms with Crippen LogP contribution in [0.2, 0.25) is 0 Å². The van der Waals surface area contributed by atoms with Crippen LogP contribution in [0.1, 0.15) is 47.1 Å². The Hall–Kier alpha value is -4.07. The molecule has 1 N–H and O–H groups in total. The number of anilines is 2. The molecule has 0 atom stereocenters. The molecule has 0 bridgehead atoms. The highest BCUT2D eigenvalue weighted by Crippen LogP contribution is 2.39. The van der Waals surface area contributed by atoms with E-state index < -0.39 is 0 Å². The van der Waals surface area contributed by atoms with Gasteiger partial charge in [0.05, 0.1) is 25.4 Å². The molecule has 0 unspecified atom stereocenters. The number of rotatable bonds is 9. The van der Waals surface area contributed by atoms with Gasteiger partial charge in [-0.05, 0) is 69.2 Å². The highest BCUT2D eigenvalue weighted by atomic mass is 16.5. The van der Waals surface area contributed by atoms with Crippen LogP contribution in [0.4, 0.5) is 11.4 Å². The van der Waals surface area contributed by atoms with E-state index in [9.17, 15) is 9.59 Å². The molecule has 0 saturated heterocycles. The Labute approximate surface area is 204 Å². The Morgan fingerprint density at radius 2 is 1.66 bits per heavy atom. The van der Waals surface area contributed by atoms with Gasteiger partial charge in [0, 0.05) is 35.9 Å². The van der Waals surface area contributed by atoms with Crippen molar-refractivity contribution in [3.05, 3.63) is 71.5 Å². The van der Waals surface area contributed by atoms with E-state index in [1.807, 2.05) is 39.0 Å². The zero-order chi connectivity index (χ0) is 24.8. The summed E-state index contributed by atoms with van der Waals surface area (Å²) < 4.78 is 17.2. The number of hydrogen-bond acceptors (Lipinski definition) is 6. The second-order valence-corrected chi connectivity index (χ2v) is 7.85. The Kier molecular flexibility index (Phi) is 7.50. The minimum absolute atomic E-state index is 0.116. The van der Waals surface area contributed by atoms with Crippen LogP contribution in [-0.2, 0) is 6.42 Å². The smallest absolute Gasteiger partial charge is 0.259 e. The van der Waals surface area contributed by atoms with Crippen LogP contribution < -0.4 is 24.4 Å². The van der Waals surface area contributed by atoms with Crippen LogP contribution in [0.25, 0.3) is 0 Å². The Morgan fingerprint density at radius 3 is 2.29 bits per heavy atom. The van der Waals surface area contributed by atoms with Crippen LogP contribution in [0.5, 0.6) is 17.2 Å². The molecule has 1 aromatic heterocycles. The van der Waals surface area contributed by atoms with Crippen LogP contribution >= 0.6 is 0 Å². The predicted molar refractivity (Wildman–Crippen MR) is 134 cm³/mol. The van der Waals surface area contributed by atoms with Gasteiger partial charge in [0.2, 0.25) is 5.75 Å². The van der Waals surface area contributed by atoms with Gasteiger partial charge in [-0.25, -0.2) is 0 Å². The average molecular weight is 476 g/mol. The summed E-state index contributed by atoms with van der Waals surface area (Å²) >= 11 is 0. The summed E-state index contributed by atoms with van der Waals surface area (Å²) in [7, 11) is 0. The molecule has 0 aliphatic carbocycles. The van der Waals surface area contributed by atoms with Gasteiger partial charge in [0.25, 0.3) is 11.8 Å². The van der Waals surface area contributed by atoms with Crippen molar-refractivity contribution in [2.45, 2.75) is 27.2 Å². The summed E-state index contributed by atoms with van der Waals surface area (Å²) in [5.74, 6) is 0.947. The standard InChI is InChI=1S/C27H29N3O5/c1-4-33-23-14-20(15-24(34-5-2)25(23)35-6-3)26(31)29-21-10-9-18-11-13-30(22(18)16-21)27(32)19-8-7-12-28-17-19/h7-10,12,14-17H,4-6,11,13H2,1-3H3,(H,29,31). The summed E-state index contributed by atoms with van der Waals surface area (Å²) in [6, 6.07) is 12.4. The van der Waals surface area contributed by atoms with Crippen molar-refractivity contribution in [2.24, 2.45) is 0 Å². The predicted octanol–water partition coefficient (Wildman–Crippen LogP) is 4.73. The molecule has 35 heavy (non-hydrogen) atoms. The van der Waals surface area contributed by atoms with Crippen molar-refractivity contribution >= 4 is 23.2 Å². The molecule has 2 aromatic carbocycles. The molecule has 2 amide bonds. The van der Waals surface area contributed by atoms with Gasteiger partial charge in [-0.1, -0.05) is 6.07 Å². The maximum atomic E-state index is 13.2. The number of nitrogens with one attached hydrogen (secondary N) is 1. The zero-order valence-electron chi connectivity index (χ0n) is 20.2. The quantitative estimate of drug-likeness (QED) is 0.481. The molecule has 0 radical (unpaired) electrons. The van der Waals surface area contributed by atoms with Crippen LogP contribution in [0.15, 0.2) is 54.9 Å². The summed E-state index contributed by atoms with van der Waals surface area (Å²) in [6.45, 7) is 7.47. The lowest BCUT2D eigenvalue weighted by Gasteiger charge is -2.19. The minimum Gasteiger partial charge on any atom is -0.490 e. The lowest BCUT2D eigenvalue weighted by molar-refractivity contribution is 0.0987. The fourth-order valence-corrected chi connectivity index (χ4v) is 4.04. The molecule has 0 fully saturated rings. The maximum absolute atomic E-state index is 13.2. The highest BCUT2D eigenvalue weighted by molar-refractivity contribution is 6.08. The van der Waals surface area contributed by atoms with E-state index in [2.05, 4.69) is 10.3 Å². The van der Waals surface area contributed by atoms with Gasteiger partial charge in [0.15, 0.2) is 11.5 Å². The third-order valence-electron chi connectivity index (χ3n) is 5.56. The number of amides is 2. The highest BCUT2D eigenvalue weighted by Gasteiger charge is 2.26. The summed E-state index contributed by atoms with van der Waals surface area (Å²) in [5, 5.41) is 2.94. The molecule has 1 aliphatic heterocycles. The number of fused-ring (bicyclic) bond motifs is 1. The van der Waals surface area contributed by atoms with E-state index in [0.717, 1.165) is 17.7 Å². The first-order valence-corrected chi connectivity index (χ1v) is 11.8. The fraction of sp³-hybridized carbons (Fsp3) is 0.296. The SMILES string of the molecule is CCOc1cc(C(=O)Nc2ccc3c(c2)N(C(=O)c2cccnc2)CC3)cc(OCC)c1OCC. The first-order chi connectivity index (χ1) is 17.0. The van der Waals surface area contributed by atoms with Crippen molar-refractivity contribution in [2.75, 3.05) is 36.6 Å². The van der Waals surface area contributed by atoms with Crippen LogP contribution in [0, 0.1) is 0 Å². The molecule has 2 heterocycles. The van der Waals surface area contributed by atoms with Crippen molar-refractivity contribution in [1.29, 1.82) is 0 Å². The molecular formula is C27H29N3O5. The Bertz CT molecular complexity index is 1190. The van der Waals surface area contributed by atoms with Crippen molar-refractivity contribution in [3.63, 3.8) is 0 Å². The summed E-state index contributed by atoms with van der Waals surface area (Å²) in [5.41, 5.74) is 3.33. The van der Waals surface area contributed by atoms with Gasteiger partial charge in [-0.15, -0.1) is 0 Å². The van der Waals surface area contributed by atoms with E-state index in [1.165, 1.54) is 0 Å². The second-order valence-electron chi connectivity index (χ2n) is 7.85. The fourth-order valence-electron chi connectivity index (χ4n) is 4.04. The lowest BCUT2D eigenvalue weighted by Crippen LogP contribution is -2.29. The molecule has 1 aliphatic rings. The van der Waals surface area contributed by atoms with E-state index in [0.29, 0.717) is 60.4 Å². The Morgan fingerprint density at radius 1 is 0.943 bits per heavy atom.